The van der Waals surface area contributed by atoms with E-state index in [-0.39, 0.29) is 5.91 Å². The van der Waals surface area contributed by atoms with E-state index in [0.29, 0.717) is 11.3 Å². The Morgan fingerprint density at radius 1 is 1.26 bits per heavy atom. The number of amides is 1. The van der Waals surface area contributed by atoms with E-state index in [4.69, 9.17) is 0 Å². The van der Waals surface area contributed by atoms with Gasteiger partial charge in [-0.05, 0) is 40.5 Å². The number of hydrogen-bond acceptors (Lipinski definition) is 3. The number of rotatable bonds is 3. The Kier molecular flexibility index (Phi) is 4.16. The van der Waals surface area contributed by atoms with Crippen molar-refractivity contribution in [2.24, 2.45) is 0 Å². The second-order valence-corrected chi connectivity index (χ2v) is 4.85. The fourth-order valence-electron chi connectivity index (χ4n) is 1.73. The van der Waals surface area contributed by atoms with Crippen molar-refractivity contribution in [1.29, 1.82) is 0 Å². The van der Waals surface area contributed by atoms with Gasteiger partial charge >= 0.3 is 0 Å². The monoisotopic (exact) mass is 319 g/mol. The lowest BCUT2D eigenvalue weighted by molar-refractivity contribution is 0.102. The molecule has 0 radical (unpaired) electrons. The van der Waals surface area contributed by atoms with Crippen LogP contribution in [0.15, 0.2) is 41.1 Å². The van der Waals surface area contributed by atoms with E-state index >= 15 is 0 Å². The van der Waals surface area contributed by atoms with Gasteiger partial charge in [0.25, 0.3) is 5.91 Å². The van der Waals surface area contributed by atoms with Crippen molar-refractivity contribution in [3.8, 4) is 0 Å². The lowest BCUT2D eigenvalue weighted by Crippen LogP contribution is -2.14. The maximum atomic E-state index is 12.3. The number of aryl methyl sites for hydroxylation is 1. The zero-order chi connectivity index (χ0) is 13.8. The van der Waals surface area contributed by atoms with Gasteiger partial charge in [-0.15, -0.1) is 0 Å². The van der Waals surface area contributed by atoms with Crippen molar-refractivity contribution in [2.75, 3.05) is 17.7 Å². The fourth-order valence-corrected chi connectivity index (χ4v) is 2.09. The molecule has 0 aliphatic carbocycles. The maximum absolute atomic E-state index is 12.3. The molecule has 5 heteroatoms. The predicted octanol–water partition coefficient (Wildman–Crippen LogP) is 3.45. The molecule has 2 rings (SSSR count). The van der Waals surface area contributed by atoms with E-state index in [2.05, 4.69) is 31.5 Å². The van der Waals surface area contributed by atoms with Crippen molar-refractivity contribution >= 4 is 33.2 Å². The first-order chi connectivity index (χ1) is 9.13. The molecule has 1 aromatic heterocycles. The van der Waals surface area contributed by atoms with Crippen LogP contribution in [0.3, 0.4) is 0 Å². The summed E-state index contributed by atoms with van der Waals surface area (Å²) in [4.78, 5) is 16.2. The molecule has 0 aliphatic rings. The van der Waals surface area contributed by atoms with Crippen LogP contribution in [-0.2, 0) is 0 Å². The van der Waals surface area contributed by atoms with Gasteiger partial charge in [0.15, 0.2) is 0 Å². The molecule has 0 aliphatic heterocycles. The van der Waals surface area contributed by atoms with Crippen molar-refractivity contribution in [3.05, 3.63) is 52.3 Å². The normalized spacial score (nSPS) is 10.1. The molecule has 1 aromatic carbocycles. The third-order valence-electron chi connectivity index (χ3n) is 2.78. The van der Waals surface area contributed by atoms with Gasteiger partial charge in [-0.3, -0.25) is 9.78 Å². The van der Waals surface area contributed by atoms with Crippen LogP contribution < -0.4 is 10.6 Å². The molecule has 98 valence electrons. The molecular formula is C14H14BrN3O. The average Bonchev–Trinajstić information content (AvgIpc) is 2.43. The lowest BCUT2D eigenvalue weighted by Gasteiger charge is -2.11. The molecule has 0 saturated heterocycles. The molecule has 0 bridgehead atoms. The number of halogens is 1. The molecule has 0 unspecified atom stereocenters. The van der Waals surface area contributed by atoms with Crippen LogP contribution in [-0.4, -0.2) is 17.9 Å². The Hall–Kier alpha value is -1.88. The molecule has 0 spiro atoms. The van der Waals surface area contributed by atoms with Gasteiger partial charge in [0.05, 0.1) is 23.1 Å². The van der Waals surface area contributed by atoms with E-state index in [1.807, 2.05) is 25.1 Å². The largest absolute Gasteiger partial charge is 0.386 e. The molecule has 2 N–H and O–H groups in total. The summed E-state index contributed by atoms with van der Waals surface area (Å²) in [7, 11) is 1.76. The van der Waals surface area contributed by atoms with Crippen LogP contribution in [0.2, 0.25) is 0 Å². The number of anilines is 2. The third-order valence-corrected chi connectivity index (χ3v) is 3.83. The quantitative estimate of drug-likeness (QED) is 0.911. The van der Waals surface area contributed by atoms with Crippen LogP contribution >= 0.6 is 15.9 Å². The number of hydrogen-bond donors (Lipinski definition) is 2. The van der Waals surface area contributed by atoms with Crippen molar-refractivity contribution in [1.82, 2.24) is 4.98 Å². The highest BCUT2D eigenvalue weighted by Crippen LogP contribution is 2.26. The number of aromatic nitrogens is 1. The predicted molar refractivity (Wildman–Crippen MR) is 80.6 cm³/mol. The number of pyridine rings is 1. The van der Waals surface area contributed by atoms with Gasteiger partial charge in [0, 0.05) is 17.7 Å². The molecule has 1 amide bonds. The van der Waals surface area contributed by atoms with Crippen molar-refractivity contribution in [2.45, 2.75) is 6.92 Å². The Labute approximate surface area is 120 Å². The highest BCUT2D eigenvalue weighted by atomic mass is 79.9. The molecule has 0 saturated carbocycles. The van der Waals surface area contributed by atoms with Gasteiger partial charge in [-0.25, -0.2) is 0 Å². The summed E-state index contributed by atoms with van der Waals surface area (Å²) in [5, 5.41) is 5.84. The third kappa shape index (κ3) is 2.93. The highest BCUT2D eigenvalue weighted by Gasteiger charge is 2.12. The second kappa shape index (κ2) is 5.84. The lowest BCUT2D eigenvalue weighted by atomic mass is 10.2. The molecule has 2 aromatic rings. The Morgan fingerprint density at radius 3 is 2.79 bits per heavy atom. The number of nitrogens with one attached hydrogen (secondary N) is 2. The van der Waals surface area contributed by atoms with E-state index in [1.165, 1.54) is 0 Å². The van der Waals surface area contributed by atoms with Crippen molar-refractivity contribution < 1.29 is 4.79 Å². The molecule has 0 fully saturated rings. The number of benzene rings is 1. The Balaban J connectivity index is 2.28. The summed E-state index contributed by atoms with van der Waals surface area (Å²) in [6.07, 6.45) is 3.22. The highest BCUT2D eigenvalue weighted by molar-refractivity contribution is 9.10. The number of carbonyl (C=O) groups excluding carboxylic acids is 1. The summed E-state index contributed by atoms with van der Waals surface area (Å²) >= 11 is 3.47. The van der Waals surface area contributed by atoms with Gasteiger partial charge < -0.3 is 10.6 Å². The summed E-state index contributed by atoms with van der Waals surface area (Å²) in [5.41, 5.74) is 3.08. The van der Waals surface area contributed by atoms with Crippen LogP contribution in [0, 0.1) is 6.92 Å². The van der Waals surface area contributed by atoms with E-state index in [9.17, 15) is 4.79 Å². The standard InChI is InChI=1S/C14H14BrN3O/c1-9-4-3-5-11(13(9)15)18-14(19)10-6-7-17-8-12(10)16-2/h3-8,16H,1-2H3,(H,18,19). The van der Waals surface area contributed by atoms with Crippen LogP contribution in [0.5, 0.6) is 0 Å². The van der Waals surface area contributed by atoms with E-state index in [0.717, 1.165) is 15.7 Å². The number of carbonyl (C=O) groups is 1. The van der Waals surface area contributed by atoms with Gasteiger partial charge in [-0.1, -0.05) is 12.1 Å². The average molecular weight is 320 g/mol. The molecule has 19 heavy (non-hydrogen) atoms. The minimum Gasteiger partial charge on any atom is -0.386 e. The minimum absolute atomic E-state index is 0.168. The first kappa shape index (κ1) is 13.5. The first-order valence-corrected chi connectivity index (χ1v) is 6.61. The van der Waals surface area contributed by atoms with Gasteiger partial charge in [0.1, 0.15) is 0 Å². The molecule has 0 atom stereocenters. The summed E-state index contributed by atoms with van der Waals surface area (Å²) in [6.45, 7) is 1.98. The first-order valence-electron chi connectivity index (χ1n) is 5.81. The van der Waals surface area contributed by atoms with Crippen molar-refractivity contribution in [3.63, 3.8) is 0 Å². The summed E-state index contributed by atoms with van der Waals surface area (Å²) < 4.78 is 0.892. The van der Waals surface area contributed by atoms with Crippen LogP contribution in [0.25, 0.3) is 0 Å². The smallest absolute Gasteiger partial charge is 0.257 e. The van der Waals surface area contributed by atoms with Crippen LogP contribution in [0.4, 0.5) is 11.4 Å². The van der Waals surface area contributed by atoms with Gasteiger partial charge in [-0.2, -0.15) is 0 Å². The molecule has 1 heterocycles. The number of nitrogens with zero attached hydrogens (tertiary/aromatic N) is 1. The topological polar surface area (TPSA) is 54.0 Å². The Bertz CT molecular complexity index is 613. The second-order valence-electron chi connectivity index (χ2n) is 4.06. The van der Waals surface area contributed by atoms with Gasteiger partial charge in [0.2, 0.25) is 0 Å². The van der Waals surface area contributed by atoms with E-state index in [1.54, 1.807) is 25.5 Å². The summed E-state index contributed by atoms with van der Waals surface area (Å²) in [6, 6.07) is 7.42. The summed E-state index contributed by atoms with van der Waals surface area (Å²) in [5.74, 6) is -0.168. The minimum atomic E-state index is -0.168. The zero-order valence-electron chi connectivity index (χ0n) is 10.7. The Morgan fingerprint density at radius 2 is 2.05 bits per heavy atom. The fraction of sp³-hybridized carbons (Fsp3) is 0.143. The molecule has 4 nitrogen and oxygen atoms in total. The SMILES string of the molecule is CNc1cnccc1C(=O)Nc1cccc(C)c1Br. The zero-order valence-corrected chi connectivity index (χ0v) is 12.3. The molecular weight excluding hydrogens is 306 g/mol. The van der Waals surface area contributed by atoms with E-state index < -0.39 is 0 Å². The van der Waals surface area contributed by atoms with Crippen LogP contribution in [0.1, 0.15) is 15.9 Å². The maximum Gasteiger partial charge on any atom is 0.257 e.